The Bertz CT molecular complexity index is 132. The monoisotopic (exact) mass is 277 g/mol. The summed E-state index contributed by atoms with van der Waals surface area (Å²) in [6.07, 6.45) is 14.1. The van der Waals surface area contributed by atoms with E-state index in [1.54, 1.807) is 0 Å². The van der Waals surface area contributed by atoms with Gasteiger partial charge in [0.15, 0.2) is 0 Å². The van der Waals surface area contributed by atoms with E-state index < -0.39 is 0 Å². The first kappa shape index (κ1) is 17.6. The molecule has 0 heterocycles. The minimum Gasteiger partial charge on any atom is -0.309 e. The lowest BCUT2D eigenvalue weighted by Crippen LogP contribution is -2.11. The first-order valence-corrected chi connectivity index (χ1v) is 6.07. The van der Waals surface area contributed by atoms with Gasteiger partial charge in [-0.05, 0) is 33.4 Å². The molecular formula is C13H28BrN. The molecule has 0 spiro atoms. The van der Waals surface area contributed by atoms with E-state index in [1.807, 2.05) is 0 Å². The Kier molecular flexibility index (Phi) is 16.6. The fraction of sp³-hybridized carbons (Fsp3) is 0.846. The van der Waals surface area contributed by atoms with E-state index >= 15 is 0 Å². The second-order valence-corrected chi connectivity index (χ2v) is 4.27. The van der Waals surface area contributed by atoms with E-state index in [0.717, 1.165) is 0 Å². The zero-order valence-electron chi connectivity index (χ0n) is 10.7. The molecule has 0 aromatic heterocycles. The SMILES string of the molecule is Br.CCCCCCCC=CCCN(C)C. The molecule has 1 nitrogen and oxygen atoms in total. The number of allylic oxidation sites excluding steroid dienone is 1. The van der Waals surface area contributed by atoms with Crippen LogP contribution in [0.1, 0.15) is 51.9 Å². The van der Waals surface area contributed by atoms with Crippen molar-refractivity contribution in [1.29, 1.82) is 0 Å². The Balaban J connectivity index is 0. The van der Waals surface area contributed by atoms with Crippen LogP contribution in [0.5, 0.6) is 0 Å². The van der Waals surface area contributed by atoms with Gasteiger partial charge in [-0.3, -0.25) is 0 Å². The van der Waals surface area contributed by atoms with Gasteiger partial charge in [-0.1, -0.05) is 44.8 Å². The summed E-state index contributed by atoms with van der Waals surface area (Å²) in [7, 11) is 4.25. The van der Waals surface area contributed by atoms with E-state index in [4.69, 9.17) is 0 Å². The Morgan fingerprint density at radius 1 is 0.867 bits per heavy atom. The Labute approximate surface area is 107 Å². The third kappa shape index (κ3) is 16.8. The molecule has 0 aliphatic heterocycles. The number of nitrogens with zero attached hydrogens (tertiary/aromatic N) is 1. The van der Waals surface area contributed by atoms with E-state index in [2.05, 4.69) is 38.1 Å². The smallest absolute Gasteiger partial charge is 0.000980 e. The quantitative estimate of drug-likeness (QED) is 0.445. The highest BCUT2D eigenvalue weighted by molar-refractivity contribution is 8.93. The molecule has 2 heteroatoms. The molecule has 0 amide bonds. The lowest BCUT2D eigenvalue weighted by Gasteiger charge is -2.05. The standard InChI is InChI=1S/C13H27N.BrH/c1-4-5-6-7-8-9-10-11-12-13-14(2)3;/h10-11H,4-9,12-13H2,1-3H3;1H. The van der Waals surface area contributed by atoms with Crippen LogP contribution in [0.15, 0.2) is 12.2 Å². The summed E-state index contributed by atoms with van der Waals surface area (Å²) in [5.74, 6) is 0. The third-order valence-corrected chi connectivity index (χ3v) is 2.38. The first-order valence-electron chi connectivity index (χ1n) is 6.07. The fourth-order valence-corrected chi connectivity index (χ4v) is 1.43. The van der Waals surface area contributed by atoms with Gasteiger partial charge in [0.2, 0.25) is 0 Å². The molecule has 0 rings (SSSR count). The first-order chi connectivity index (χ1) is 6.77. The van der Waals surface area contributed by atoms with Crippen molar-refractivity contribution in [2.75, 3.05) is 20.6 Å². The van der Waals surface area contributed by atoms with Gasteiger partial charge < -0.3 is 4.90 Å². The lowest BCUT2D eigenvalue weighted by atomic mass is 10.1. The van der Waals surface area contributed by atoms with E-state index in [9.17, 15) is 0 Å². The summed E-state index contributed by atoms with van der Waals surface area (Å²) < 4.78 is 0. The average molecular weight is 278 g/mol. The van der Waals surface area contributed by atoms with Crippen molar-refractivity contribution in [2.24, 2.45) is 0 Å². The summed E-state index contributed by atoms with van der Waals surface area (Å²) in [5.41, 5.74) is 0. The van der Waals surface area contributed by atoms with Crippen molar-refractivity contribution >= 4 is 17.0 Å². The van der Waals surface area contributed by atoms with Gasteiger partial charge in [-0.2, -0.15) is 0 Å². The maximum absolute atomic E-state index is 2.34. The molecule has 0 radical (unpaired) electrons. The third-order valence-electron chi connectivity index (χ3n) is 2.38. The predicted molar refractivity (Wildman–Crippen MR) is 76.0 cm³/mol. The zero-order chi connectivity index (χ0) is 10.6. The van der Waals surface area contributed by atoms with Gasteiger partial charge in [0.1, 0.15) is 0 Å². The zero-order valence-corrected chi connectivity index (χ0v) is 12.4. The Hall–Kier alpha value is 0.180. The van der Waals surface area contributed by atoms with Gasteiger partial charge >= 0.3 is 0 Å². The second-order valence-electron chi connectivity index (χ2n) is 4.27. The summed E-state index contributed by atoms with van der Waals surface area (Å²) in [4.78, 5) is 2.23. The maximum atomic E-state index is 2.34. The van der Waals surface area contributed by atoms with E-state index in [-0.39, 0.29) is 17.0 Å². The molecule has 0 aromatic rings. The van der Waals surface area contributed by atoms with Crippen LogP contribution in [0.4, 0.5) is 0 Å². The molecule has 0 atom stereocenters. The minimum absolute atomic E-state index is 0. The van der Waals surface area contributed by atoms with Crippen molar-refractivity contribution in [3.63, 3.8) is 0 Å². The normalized spacial score (nSPS) is 10.9. The molecule has 0 bridgehead atoms. The Morgan fingerprint density at radius 2 is 1.47 bits per heavy atom. The highest BCUT2D eigenvalue weighted by atomic mass is 79.9. The van der Waals surface area contributed by atoms with Crippen LogP contribution in [0.3, 0.4) is 0 Å². The van der Waals surface area contributed by atoms with Crippen LogP contribution in [-0.2, 0) is 0 Å². The average Bonchev–Trinajstić information content (AvgIpc) is 2.15. The molecule has 15 heavy (non-hydrogen) atoms. The van der Waals surface area contributed by atoms with Gasteiger partial charge in [0.25, 0.3) is 0 Å². The number of hydrogen-bond acceptors (Lipinski definition) is 1. The number of hydrogen-bond donors (Lipinski definition) is 0. The summed E-state index contributed by atoms with van der Waals surface area (Å²) in [5, 5.41) is 0. The maximum Gasteiger partial charge on any atom is 0.000980 e. The van der Waals surface area contributed by atoms with Crippen molar-refractivity contribution < 1.29 is 0 Å². The number of halogens is 1. The fourth-order valence-electron chi connectivity index (χ4n) is 1.43. The molecule has 0 fully saturated rings. The van der Waals surface area contributed by atoms with Crippen LogP contribution in [0, 0.1) is 0 Å². The lowest BCUT2D eigenvalue weighted by molar-refractivity contribution is 0.417. The van der Waals surface area contributed by atoms with Gasteiger partial charge in [-0.25, -0.2) is 0 Å². The summed E-state index contributed by atoms with van der Waals surface area (Å²) in [6.45, 7) is 3.44. The molecule has 0 saturated heterocycles. The largest absolute Gasteiger partial charge is 0.309 e. The van der Waals surface area contributed by atoms with Crippen LogP contribution in [-0.4, -0.2) is 25.5 Å². The number of rotatable bonds is 9. The highest BCUT2D eigenvalue weighted by Gasteiger charge is 1.87. The molecule has 92 valence electrons. The molecular weight excluding hydrogens is 250 g/mol. The van der Waals surface area contributed by atoms with E-state index in [0.29, 0.717) is 0 Å². The highest BCUT2D eigenvalue weighted by Crippen LogP contribution is 2.05. The van der Waals surface area contributed by atoms with Crippen molar-refractivity contribution in [2.45, 2.75) is 51.9 Å². The minimum atomic E-state index is 0. The van der Waals surface area contributed by atoms with E-state index in [1.165, 1.54) is 51.5 Å². The second kappa shape index (κ2) is 14.2. The van der Waals surface area contributed by atoms with Crippen LogP contribution < -0.4 is 0 Å². The molecule has 0 N–H and O–H groups in total. The van der Waals surface area contributed by atoms with Crippen molar-refractivity contribution in [3.05, 3.63) is 12.2 Å². The van der Waals surface area contributed by atoms with Gasteiger partial charge in [-0.15, -0.1) is 17.0 Å². The van der Waals surface area contributed by atoms with Gasteiger partial charge in [0, 0.05) is 6.54 Å². The molecule has 0 aromatic carbocycles. The molecule has 0 saturated carbocycles. The van der Waals surface area contributed by atoms with Crippen molar-refractivity contribution in [1.82, 2.24) is 4.90 Å². The summed E-state index contributed by atoms with van der Waals surface area (Å²) >= 11 is 0. The van der Waals surface area contributed by atoms with Crippen LogP contribution in [0.25, 0.3) is 0 Å². The predicted octanol–water partition coefficient (Wildman–Crippen LogP) is 4.43. The van der Waals surface area contributed by atoms with Crippen LogP contribution in [0.2, 0.25) is 0 Å². The molecule has 0 unspecified atom stereocenters. The van der Waals surface area contributed by atoms with Gasteiger partial charge in [0.05, 0.1) is 0 Å². The topological polar surface area (TPSA) is 3.24 Å². The summed E-state index contributed by atoms with van der Waals surface area (Å²) in [6, 6.07) is 0. The molecule has 0 aliphatic rings. The number of unbranched alkanes of at least 4 members (excludes halogenated alkanes) is 5. The van der Waals surface area contributed by atoms with Crippen LogP contribution >= 0.6 is 17.0 Å². The molecule has 0 aliphatic carbocycles. The Morgan fingerprint density at radius 3 is 2.07 bits per heavy atom. The van der Waals surface area contributed by atoms with Crippen molar-refractivity contribution in [3.8, 4) is 0 Å².